The second-order valence-electron chi connectivity index (χ2n) is 7.65. The van der Waals surface area contributed by atoms with E-state index in [4.69, 9.17) is 9.47 Å². The molecule has 0 aliphatic carbocycles. The van der Waals surface area contributed by atoms with Gasteiger partial charge in [-0.2, -0.15) is 0 Å². The fourth-order valence-corrected chi connectivity index (χ4v) is 4.62. The zero-order chi connectivity index (χ0) is 20.2. The Kier molecular flexibility index (Phi) is 6.40. The standard InChI is InChI=1S/C23H27BrN2O3/c1-28-22-15-17(7-8-20(22)24)23(27)26-13-3-6-21(26)16-4-2-5-19(14-16)29-18-9-11-25-12-10-18/h2,4-5,7-8,14-15,18,21,25H,3,6,9-13H2,1H3. The van der Waals surface area contributed by atoms with Gasteiger partial charge in [0.1, 0.15) is 17.6 Å². The Bertz CT molecular complexity index is 867. The number of carbonyl (C=O) groups excluding carboxylic acids is 1. The van der Waals surface area contributed by atoms with Gasteiger partial charge in [-0.1, -0.05) is 12.1 Å². The molecule has 0 radical (unpaired) electrons. The molecular weight excluding hydrogens is 432 g/mol. The number of carbonyl (C=O) groups is 1. The molecule has 2 aromatic rings. The van der Waals surface area contributed by atoms with Crippen molar-refractivity contribution < 1.29 is 14.3 Å². The van der Waals surface area contributed by atoms with E-state index in [9.17, 15) is 4.79 Å². The van der Waals surface area contributed by atoms with Gasteiger partial charge in [0.15, 0.2) is 0 Å². The number of hydrogen-bond donors (Lipinski definition) is 1. The maximum Gasteiger partial charge on any atom is 0.254 e. The van der Waals surface area contributed by atoms with Crippen molar-refractivity contribution in [2.24, 2.45) is 0 Å². The normalized spacial score (nSPS) is 19.9. The molecule has 2 aliphatic heterocycles. The number of benzene rings is 2. The number of piperidine rings is 1. The van der Waals surface area contributed by atoms with Gasteiger partial charge in [0.25, 0.3) is 5.91 Å². The number of likely N-dealkylation sites (tertiary alicyclic amines) is 1. The number of nitrogens with zero attached hydrogens (tertiary/aromatic N) is 1. The quantitative estimate of drug-likeness (QED) is 0.712. The van der Waals surface area contributed by atoms with Crippen molar-refractivity contribution in [3.63, 3.8) is 0 Å². The lowest BCUT2D eigenvalue weighted by molar-refractivity contribution is 0.0734. The zero-order valence-electron chi connectivity index (χ0n) is 16.7. The highest BCUT2D eigenvalue weighted by Gasteiger charge is 2.31. The van der Waals surface area contributed by atoms with Gasteiger partial charge in [0.2, 0.25) is 0 Å². The fraction of sp³-hybridized carbons (Fsp3) is 0.435. The molecule has 2 saturated heterocycles. The maximum atomic E-state index is 13.2. The molecule has 1 unspecified atom stereocenters. The van der Waals surface area contributed by atoms with Crippen LogP contribution in [-0.4, -0.2) is 43.7 Å². The summed E-state index contributed by atoms with van der Waals surface area (Å²) in [5.74, 6) is 1.62. The van der Waals surface area contributed by atoms with E-state index in [1.807, 2.05) is 29.2 Å². The number of halogens is 1. The van der Waals surface area contributed by atoms with Gasteiger partial charge in [0.05, 0.1) is 17.6 Å². The molecule has 6 heteroatoms. The van der Waals surface area contributed by atoms with Crippen LogP contribution in [0.1, 0.15) is 47.6 Å². The van der Waals surface area contributed by atoms with Crippen molar-refractivity contribution >= 4 is 21.8 Å². The molecule has 154 valence electrons. The molecule has 5 nitrogen and oxygen atoms in total. The highest BCUT2D eigenvalue weighted by Crippen LogP contribution is 2.36. The Morgan fingerprint density at radius 2 is 1.97 bits per heavy atom. The molecule has 0 aromatic heterocycles. The van der Waals surface area contributed by atoms with Crippen LogP contribution in [-0.2, 0) is 0 Å². The van der Waals surface area contributed by atoms with Crippen LogP contribution >= 0.6 is 15.9 Å². The predicted molar refractivity (Wildman–Crippen MR) is 117 cm³/mol. The molecule has 4 rings (SSSR count). The minimum atomic E-state index is 0.0444. The maximum absolute atomic E-state index is 13.2. The Morgan fingerprint density at radius 3 is 2.76 bits per heavy atom. The summed E-state index contributed by atoms with van der Waals surface area (Å²) < 4.78 is 12.4. The summed E-state index contributed by atoms with van der Waals surface area (Å²) in [5.41, 5.74) is 1.80. The van der Waals surface area contributed by atoms with Gasteiger partial charge in [-0.25, -0.2) is 0 Å². The molecule has 2 fully saturated rings. The summed E-state index contributed by atoms with van der Waals surface area (Å²) >= 11 is 3.45. The van der Waals surface area contributed by atoms with Gasteiger partial charge in [-0.3, -0.25) is 4.79 Å². The van der Waals surface area contributed by atoms with Crippen LogP contribution in [0.5, 0.6) is 11.5 Å². The summed E-state index contributed by atoms with van der Waals surface area (Å²) in [6, 6.07) is 13.9. The number of ether oxygens (including phenoxy) is 2. The van der Waals surface area contributed by atoms with E-state index in [1.165, 1.54) is 0 Å². The lowest BCUT2D eigenvalue weighted by Gasteiger charge is -2.27. The molecule has 2 heterocycles. The van der Waals surface area contributed by atoms with Crippen LogP contribution < -0.4 is 14.8 Å². The zero-order valence-corrected chi connectivity index (χ0v) is 18.3. The van der Waals surface area contributed by atoms with Crippen molar-refractivity contribution in [1.82, 2.24) is 10.2 Å². The molecule has 1 N–H and O–H groups in total. The van der Waals surface area contributed by atoms with Crippen molar-refractivity contribution in [2.45, 2.75) is 37.8 Å². The molecule has 0 bridgehead atoms. The van der Waals surface area contributed by atoms with Crippen LogP contribution in [0.4, 0.5) is 0 Å². The number of rotatable bonds is 5. The number of methoxy groups -OCH3 is 1. The van der Waals surface area contributed by atoms with E-state index in [0.29, 0.717) is 11.3 Å². The Hall–Kier alpha value is -2.05. The van der Waals surface area contributed by atoms with Crippen molar-refractivity contribution in [2.75, 3.05) is 26.7 Å². The first kappa shape index (κ1) is 20.2. The Balaban J connectivity index is 1.52. The van der Waals surface area contributed by atoms with E-state index >= 15 is 0 Å². The van der Waals surface area contributed by atoms with Gasteiger partial charge >= 0.3 is 0 Å². The summed E-state index contributed by atoms with van der Waals surface area (Å²) in [6.07, 6.45) is 4.30. The third-order valence-corrected chi connectivity index (χ3v) is 6.40. The molecule has 1 atom stereocenters. The minimum absolute atomic E-state index is 0.0444. The molecule has 29 heavy (non-hydrogen) atoms. The van der Waals surface area contributed by atoms with E-state index < -0.39 is 0 Å². The second kappa shape index (κ2) is 9.18. The first-order valence-corrected chi connectivity index (χ1v) is 11.1. The Morgan fingerprint density at radius 1 is 1.14 bits per heavy atom. The number of amides is 1. The van der Waals surface area contributed by atoms with E-state index in [1.54, 1.807) is 13.2 Å². The van der Waals surface area contributed by atoms with Gasteiger partial charge in [-0.05, 0) is 90.6 Å². The van der Waals surface area contributed by atoms with E-state index in [2.05, 4.69) is 33.4 Å². The lowest BCUT2D eigenvalue weighted by atomic mass is 10.0. The van der Waals surface area contributed by atoms with Crippen LogP contribution in [0, 0.1) is 0 Å². The summed E-state index contributed by atoms with van der Waals surface area (Å²) in [4.78, 5) is 15.2. The van der Waals surface area contributed by atoms with Crippen LogP contribution in [0.15, 0.2) is 46.9 Å². The summed E-state index contributed by atoms with van der Waals surface area (Å²) in [6.45, 7) is 2.78. The average molecular weight is 459 g/mol. The van der Waals surface area contributed by atoms with Crippen molar-refractivity contribution in [1.29, 1.82) is 0 Å². The smallest absolute Gasteiger partial charge is 0.254 e. The van der Waals surface area contributed by atoms with Crippen LogP contribution in [0.25, 0.3) is 0 Å². The average Bonchev–Trinajstić information content (AvgIpc) is 3.24. The highest BCUT2D eigenvalue weighted by molar-refractivity contribution is 9.10. The van der Waals surface area contributed by atoms with Crippen LogP contribution in [0.3, 0.4) is 0 Å². The summed E-state index contributed by atoms with van der Waals surface area (Å²) in [7, 11) is 1.61. The van der Waals surface area contributed by atoms with Crippen molar-refractivity contribution in [3.05, 3.63) is 58.1 Å². The third-order valence-electron chi connectivity index (χ3n) is 5.74. The van der Waals surface area contributed by atoms with Gasteiger partial charge in [0, 0.05) is 12.1 Å². The molecule has 2 aromatic carbocycles. The lowest BCUT2D eigenvalue weighted by Crippen LogP contribution is -2.34. The topological polar surface area (TPSA) is 50.8 Å². The van der Waals surface area contributed by atoms with Gasteiger partial charge in [-0.15, -0.1) is 0 Å². The minimum Gasteiger partial charge on any atom is -0.496 e. The van der Waals surface area contributed by atoms with E-state index in [-0.39, 0.29) is 18.1 Å². The Labute approximate surface area is 180 Å². The molecule has 0 saturated carbocycles. The SMILES string of the molecule is COc1cc(C(=O)N2CCCC2c2cccc(OC3CCNCC3)c2)ccc1Br. The largest absolute Gasteiger partial charge is 0.496 e. The van der Waals surface area contributed by atoms with Gasteiger partial charge < -0.3 is 19.7 Å². The van der Waals surface area contributed by atoms with Crippen LogP contribution in [0.2, 0.25) is 0 Å². The first-order chi connectivity index (χ1) is 14.2. The fourth-order valence-electron chi connectivity index (χ4n) is 4.22. The highest BCUT2D eigenvalue weighted by atomic mass is 79.9. The monoisotopic (exact) mass is 458 g/mol. The summed E-state index contributed by atoms with van der Waals surface area (Å²) in [5, 5.41) is 3.37. The predicted octanol–water partition coefficient (Wildman–Crippen LogP) is 4.57. The molecular formula is C23H27BrN2O3. The second-order valence-corrected chi connectivity index (χ2v) is 8.50. The third kappa shape index (κ3) is 4.59. The number of nitrogens with one attached hydrogen (secondary N) is 1. The van der Waals surface area contributed by atoms with Crippen molar-refractivity contribution in [3.8, 4) is 11.5 Å². The first-order valence-electron chi connectivity index (χ1n) is 10.3. The van der Waals surface area contributed by atoms with E-state index in [0.717, 1.165) is 61.1 Å². The molecule has 0 spiro atoms. The number of hydrogen-bond acceptors (Lipinski definition) is 4. The molecule has 2 aliphatic rings. The molecule has 1 amide bonds.